The summed E-state index contributed by atoms with van der Waals surface area (Å²) in [5.74, 6) is 0.0471. The third-order valence-corrected chi connectivity index (χ3v) is 4.54. The first kappa shape index (κ1) is 15.7. The van der Waals surface area contributed by atoms with E-state index in [4.69, 9.17) is 9.15 Å². The van der Waals surface area contributed by atoms with Gasteiger partial charge in [0.15, 0.2) is 6.61 Å². The normalized spacial score (nSPS) is 18.0. The van der Waals surface area contributed by atoms with Crippen molar-refractivity contribution in [3.05, 3.63) is 34.2 Å². The van der Waals surface area contributed by atoms with Crippen LogP contribution in [0.25, 0.3) is 0 Å². The molecule has 1 aliphatic heterocycles. The Morgan fingerprint density at radius 1 is 1.48 bits per heavy atom. The summed E-state index contributed by atoms with van der Waals surface area (Å²) in [4.78, 5) is 27.0. The molecular weight excluding hydrogens is 318 g/mol. The number of hydrogen-bond acceptors (Lipinski definition) is 7. The highest BCUT2D eigenvalue weighted by molar-refractivity contribution is 7.12. The van der Waals surface area contributed by atoms with Crippen molar-refractivity contribution in [2.45, 2.75) is 26.4 Å². The Bertz CT molecular complexity index is 683. The largest absolute Gasteiger partial charge is 0.455 e. The Hall–Kier alpha value is -2.22. The number of nitrogens with zero attached hydrogens (tertiary/aromatic N) is 3. The van der Waals surface area contributed by atoms with E-state index in [0.717, 1.165) is 12.8 Å². The van der Waals surface area contributed by atoms with Gasteiger partial charge in [-0.05, 0) is 24.3 Å². The highest BCUT2D eigenvalue weighted by Crippen LogP contribution is 2.21. The van der Waals surface area contributed by atoms with E-state index in [9.17, 15) is 9.59 Å². The van der Waals surface area contributed by atoms with Gasteiger partial charge in [0.25, 0.3) is 11.8 Å². The van der Waals surface area contributed by atoms with Gasteiger partial charge in [0.05, 0.1) is 10.8 Å². The monoisotopic (exact) mass is 335 g/mol. The van der Waals surface area contributed by atoms with Gasteiger partial charge < -0.3 is 14.1 Å². The molecule has 0 saturated carbocycles. The molecule has 23 heavy (non-hydrogen) atoms. The quantitative estimate of drug-likeness (QED) is 0.795. The first-order valence-electron chi connectivity index (χ1n) is 7.42. The highest BCUT2D eigenvalue weighted by atomic mass is 32.1. The molecule has 1 fully saturated rings. The number of piperidine rings is 1. The van der Waals surface area contributed by atoms with E-state index in [1.54, 1.807) is 17.9 Å². The van der Waals surface area contributed by atoms with Crippen molar-refractivity contribution in [2.24, 2.45) is 5.92 Å². The second kappa shape index (κ2) is 6.91. The van der Waals surface area contributed by atoms with Gasteiger partial charge in [-0.3, -0.25) is 9.59 Å². The van der Waals surface area contributed by atoms with Crippen molar-refractivity contribution in [3.8, 4) is 0 Å². The van der Waals surface area contributed by atoms with E-state index in [2.05, 4.69) is 10.2 Å². The van der Waals surface area contributed by atoms with Crippen molar-refractivity contribution < 1.29 is 18.7 Å². The number of ether oxygens (including phenoxy) is 1. The first-order chi connectivity index (χ1) is 11.1. The molecule has 8 heteroatoms. The van der Waals surface area contributed by atoms with Gasteiger partial charge in [0.1, 0.15) is 0 Å². The van der Waals surface area contributed by atoms with E-state index in [1.807, 2.05) is 11.4 Å². The number of esters is 1. The van der Waals surface area contributed by atoms with Gasteiger partial charge in [0, 0.05) is 20.0 Å². The fourth-order valence-corrected chi connectivity index (χ4v) is 3.25. The third kappa shape index (κ3) is 3.76. The highest BCUT2D eigenvalue weighted by Gasteiger charge is 2.30. The van der Waals surface area contributed by atoms with E-state index in [0.29, 0.717) is 23.9 Å². The molecule has 0 N–H and O–H groups in total. The maximum Gasteiger partial charge on any atom is 0.311 e. The van der Waals surface area contributed by atoms with Crippen LogP contribution in [0, 0.1) is 12.8 Å². The number of aryl methyl sites for hydroxylation is 1. The minimum absolute atomic E-state index is 0.0231. The van der Waals surface area contributed by atoms with E-state index >= 15 is 0 Å². The molecule has 0 aromatic carbocycles. The standard InChI is InChI=1S/C15H17N3O4S/c1-10-16-17-13(22-10)9-21-15(20)11-4-2-6-18(8-11)14(19)12-5-3-7-23-12/h3,5,7,11H,2,4,6,8-9H2,1H3. The Labute approximate surface area is 137 Å². The number of aromatic nitrogens is 2. The van der Waals surface area contributed by atoms with Gasteiger partial charge in [-0.2, -0.15) is 0 Å². The topological polar surface area (TPSA) is 85.5 Å². The molecule has 2 aromatic rings. The summed E-state index contributed by atoms with van der Waals surface area (Å²) >= 11 is 1.41. The molecule has 7 nitrogen and oxygen atoms in total. The molecule has 0 aliphatic carbocycles. The molecule has 122 valence electrons. The fourth-order valence-electron chi connectivity index (χ4n) is 2.56. The summed E-state index contributed by atoms with van der Waals surface area (Å²) in [5.41, 5.74) is 0. The van der Waals surface area contributed by atoms with Crippen molar-refractivity contribution in [2.75, 3.05) is 13.1 Å². The van der Waals surface area contributed by atoms with Crippen LogP contribution in [0.15, 0.2) is 21.9 Å². The van der Waals surface area contributed by atoms with E-state index in [1.165, 1.54) is 11.3 Å². The van der Waals surface area contributed by atoms with E-state index in [-0.39, 0.29) is 30.3 Å². The molecule has 1 amide bonds. The molecule has 1 saturated heterocycles. The molecule has 1 aliphatic rings. The first-order valence-corrected chi connectivity index (χ1v) is 8.30. The summed E-state index contributed by atoms with van der Waals surface area (Å²) in [6, 6.07) is 3.65. The maximum absolute atomic E-state index is 12.4. The van der Waals surface area contributed by atoms with Gasteiger partial charge in [-0.15, -0.1) is 21.5 Å². The number of carbonyl (C=O) groups is 2. The van der Waals surface area contributed by atoms with Crippen LogP contribution >= 0.6 is 11.3 Å². The van der Waals surface area contributed by atoms with Gasteiger partial charge in [0.2, 0.25) is 5.89 Å². The minimum atomic E-state index is -0.329. The summed E-state index contributed by atoms with van der Waals surface area (Å²) in [5, 5.41) is 9.33. The molecule has 3 rings (SSSR count). The van der Waals surface area contributed by atoms with Crippen molar-refractivity contribution in [3.63, 3.8) is 0 Å². The predicted octanol–water partition coefficient (Wildman–Crippen LogP) is 2.04. The van der Waals surface area contributed by atoms with Crippen LogP contribution in [0.1, 0.15) is 34.3 Å². The zero-order valence-electron chi connectivity index (χ0n) is 12.7. The summed E-state index contributed by atoms with van der Waals surface area (Å²) < 4.78 is 10.4. The summed E-state index contributed by atoms with van der Waals surface area (Å²) in [6.45, 7) is 2.70. The van der Waals surface area contributed by atoms with Crippen LogP contribution < -0.4 is 0 Å². The predicted molar refractivity (Wildman–Crippen MR) is 81.8 cm³/mol. The Morgan fingerprint density at radius 3 is 3.04 bits per heavy atom. The average Bonchev–Trinajstić information content (AvgIpc) is 3.23. The lowest BCUT2D eigenvalue weighted by molar-refractivity contribution is -0.152. The lowest BCUT2D eigenvalue weighted by atomic mass is 9.98. The number of amides is 1. The van der Waals surface area contributed by atoms with Crippen LogP contribution in [0.5, 0.6) is 0 Å². The zero-order valence-corrected chi connectivity index (χ0v) is 13.5. The van der Waals surface area contributed by atoms with Crippen molar-refractivity contribution in [1.29, 1.82) is 0 Å². The number of likely N-dealkylation sites (tertiary alicyclic amines) is 1. The van der Waals surface area contributed by atoms with Crippen LogP contribution in [-0.2, 0) is 16.1 Å². The molecule has 1 unspecified atom stereocenters. The molecule has 1 atom stereocenters. The molecule has 2 aromatic heterocycles. The second-order valence-corrected chi connectivity index (χ2v) is 6.34. The van der Waals surface area contributed by atoms with Crippen LogP contribution in [0.3, 0.4) is 0 Å². The van der Waals surface area contributed by atoms with Crippen LogP contribution in [0.2, 0.25) is 0 Å². The molecular formula is C15H17N3O4S. The number of carbonyl (C=O) groups excluding carboxylic acids is 2. The van der Waals surface area contributed by atoms with Crippen LogP contribution in [0.4, 0.5) is 0 Å². The molecule has 0 bridgehead atoms. The molecule has 0 radical (unpaired) electrons. The van der Waals surface area contributed by atoms with Gasteiger partial charge >= 0.3 is 5.97 Å². The number of thiophene rings is 1. The third-order valence-electron chi connectivity index (χ3n) is 3.68. The average molecular weight is 335 g/mol. The fraction of sp³-hybridized carbons (Fsp3) is 0.467. The number of hydrogen-bond donors (Lipinski definition) is 0. The van der Waals surface area contributed by atoms with Crippen molar-refractivity contribution >= 4 is 23.2 Å². The summed E-state index contributed by atoms with van der Waals surface area (Å²) in [6.07, 6.45) is 1.51. The molecule has 3 heterocycles. The Kier molecular flexibility index (Phi) is 4.71. The molecule has 0 spiro atoms. The SMILES string of the molecule is Cc1nnc(COC(=O)C2CCCN(C(=O)c3cccs3)C2)o1. The smallest absolute Gasteiger partial charge is 0.311 e. The number of rotatable bonds is 4. The second-order valence-electron chi connectivity index (χ2n) is 5.39. The summed E-state index contributed by atoms with van der Waals surface area (Å²) in [7, 11) is 0. The lowest BCUT2D eigenvalue weighted by Gasteiger charge is -2.31. The Balaban J connectivity index is 1.55. The Morgan fingerprint density at radius 2 is 2.35 bits per heavy atom. The van der Waals surface area contributed by atoms with Gasteiger partial charge in [-0.1, -0.05) is 6.07 Å². The zero-order chi connectivity index (χ0) is 16.2. The van der Waals surface area contributed by atoms with E-state index < -0.39 is 0 Å². The minimum Gasteiger partial charge on any atom is -0.455 e. The van der Waals surface area contributed by atoms with Crippen molar-refractivity contribution in [1.82, 2.24) is 15.1 Å². The van der Waals surface area contributed by atoms with Gasteiger partial charge in [-0.25, -0.2) is 0 Å². The lowest BCUT2D eigenvalue weighted by Crippen LogP contribution is -2.42. The van der Waals surface area contributed by atoms with Crippen LogP contribution in [-0.4, -0.2) is 40.1 Å². The maximum atomic E-state index is 12.4.